The molecule has 0 aromatic rings. The second kappa shape index (κ2) is 7.20. The number of rotatable bonds is 6. The fraction of sp³-hybridized carbons (Fsp3) is 1.00. The topological polar surface area (TPSA) is 75.6 Å². The summed E-state index contributed by atoms with van der Waals surface area (Å²) < 4.78 is 28.4. The number of hydrogen-bond acceptors (Lipinski definition) is 5. The van der Waals surface area contributed by atoms with Gasteiger partial charge in [-0.2, -0.15) is 0 Å². The van der Waals surface area contributed by atoms with Gasteiger partial charge in [-0.05, 0) is 25.2 Å². The molecule has 1 aliphatic heterocycles. The fourth-order valence-electron chi connectivity index (χ4n) is 3.09. The third-order valence-corrected chi connectivity index (χ3v) is 6.06. The normalized spacial score (nSPS) is 35.0. The van der Waals surface area contributed by atoms with E-state index in [0.29, 0.717) is 25.5 Å². The van der Waals surface area contributed by atoms with E-state index in [4.69, 9.17) is 4.74 Å². The number of nitrogens with one attached hydrogen (secondary N) is 1. The van der Waals surface area contributed by atoms with Crippen LogP contribution in [0, 0.1) is 5.92 Å². The first kappa shape index (κ1) is 16.2. The summed E-state index contributed by atoms with van der Waals surface area (Å²) in [4.78, 5) is 0. The van der Waals surface area contributed by atoms with Crippen molar-refractivity contribution in [2.75, 3.05) is 24.7 Å². The van der Waals surface area contributed by atoms with Crippen molar-refractivity contribution in [1.29, 1.82) is 0 Å². The molecule has 0 aromatic carbocycles. The fourth-order valence-corrected chi connectivity index (χ4v) is 4.80. The summed E-state index contributed by atoms with van der Waals surface area (Å²) in [6, 6.07) is -0.00986. The van der Waals surface area contributed by atoms with Crippen molar-refractivity contribution in [1.82, 2.24) is 5.32 Å². The Labute approximate surface area is 122 Å². The van der Waals surface area contributed by atoms with Crippen LogP contribution in [0.2, 0.25) is 0 Å². The molecule has 0 amide bonds. The van der Waals surface area contributed by atoms with Crippen molar-refractivity contribution in [2.45, 2.75) is 57.3 Å². The van der Waals surface area contributed by atoms with Gasteiger partial charge in [0, 0.05) is 12.6 Å². The Bertz CT molecular complexity index is 398. The SMILES string of the molecule is CC1CCCC(OCC(O)CNC2CCS(=O)(=O)C2)C1. The second-order valence-corrected chi connectivity index (χ2v) is 8.62. The Morgan fingerprint density at radius 3 is 2.80 bits per heavy atom. The lowest BCUT2D eigenvalue weighted by molar-refractivity contribution is -0.0310. The standard InChI is InChI=1S/C14H27NO4S/c1-11-3-2-4-14(7-11)19-9-13(16)8-15-12-5-6-20(17,18)10-12/h11-16H,2-10H2,1H3. The van der Waals surface area contributed by atoms with E-state index in [0.717, 1.165) is 12.8 Å². The average Bonchev–Trinajstić information content (AvgIpc) is 2.74. The molecule has 2 fully saturated rings. The van der Waals surface area contributed by atoms with Crippen LogP contribution < -0.4 is 5.32 Å². The van der Waals surface area contributed by atoms with E-state index in [1.807, 2.05) is 0 Å². The highest BCUT2D eigenvalue weighted by atomic mass is 32.2. The number of aliphatic hydroxyl groups excluding tert-OH is 1. The first-order valence-corrected chi connectivity index (χ1v) is 9.50. The smallest absolute Gasteiger partial charge is 0.151 e. The Morgan fingerprint density at radius 1 is 1.35 bits per heavy atom. The molecule has 20 heavy (non-hydrogen) atoms. The number of aliphatic hydroxyl groups is 1. The monoisotopic (exact) mass is 305 g/mol. The van der Waals surface area contributed by atoms with Crippen LogP contribution in [0.1, 0.15) is 39.0 Å². The summed E-state index contributed by atoms with van der Waals surface area (Å²) in [5, 5.41) is 13.0. The maximum Gasteiger partial charge on any atom is 0.151 e. The van der Waals surface area contributed by atoms with Gasteiger partial charge in [0.15, 0.2) is 9.84 Å². The molecule has 1 saturated carbocycles. The molecule has 5 nitrogen and oxygen atoms in total. The summed E-state index contributed by atoms with van der Waals surface area (Å²) >= 11 is 0. The van der Waals surface area contributed by atoms with Crippen LogP contribution in [0.25, 0.3) is 0 Å². The molecule has 0 aromatic heterocycles. The molecule has 2 N–H and O–H groups in total. The molecule has 4 unspecified atom stereocenters. The second-order valence-electron chi connectivity index (χ2n) is 6.39. The third kappa shape index (κ3) is 5.31. The summed E-state index contributed by atoms with van der Waals surface area (Å²) in [6.07, 6.45) is 5.03. The van der Waals surface area contributed by atoms with Crippen molar-refractivity contribution in [3.63, 3.8) is 0 Å². The van der Waals surface area contributed by atoms with Gasteiger partial charge in [-0.1, -0.05) is 19.8 Å². The van der Waals surface area contributed by atoms with E-state index in [1.165, 1.54) is 12.8 Å². The van der Waals surface area contributed by atoms with Gasteiger partial charge in [-0.15, -0.1) is 0 Å². The molecule has 0 bridgehead atoms. The van der Waals surface area contributed by atoms with Crippen LogP contribution in [0.4, 0.5) is 0 Å². The maximum atomic E-state index is 11.3. The van der Waals surface area contributed by atoms with E-state index >= 15 is 0 Å². The molecule has 118 valence electrons. The lowest BCUT2D eigenvalue weighted by Crippen LogP contribution is -2.39. The van der Waals surface area contributed by atoms with E-state index < -0.39 is 15.9 Å². The maximum absolute atomic E-state index is 11.3. The van der Waals surface area contributed by atoms with Gasteiger partial charge in [0.2, 0.25) is 0 Å². The lowest BCUT2D eigenvalue weighted by atomic mass is 9.89. The van der Waals surface area contributed by atoms with Crippen LogP contribution in [-0.2, 0) is 14.6 Å². The minimum Gasteiger partial charge on any atom is -0.389 e. The zero-order valence-corrected chi connectivity index (χ0v) is 13.1. The average molecular weight is 305 g/mol. The zero-order chi connectivity index (χ0) is 14.6. The first-order chi connectivity index (χ1) is 9.44. The highest BCUT2D eigenvalue weighted by molar-refractivity contribution is 7.91. The molecule has 0 radical (unpaired) electrons. The molecule has 1 saturated heterocycles. The Balaban J connectivity index is 1.59. The molecule has 4 atom stereocenters. The molecule has 6 heteroatoms. The Hall–Kier alpha value is -0.170. The van der Waals surface area contributed by atoms with Crippen molar-refractivity contribution in [2.24, 2.45) is 5.92 Å². The Kier molecular flexibility index (Phi) is 5.84. The number of ether oxygens (including phenoxy) is 1. The molecule has 2 aliphatic rings. The van der Waals surface area contributed by atoms with E-state index in [-0.39, 0.29) is 23.7 Å². The van der Waals surface area contributed by atoms with E-state index in [2.05, 4.69) is 12.2 Å². The highest BCUT2D eigenvalue weighted by Gasteiger charge is 2.28. The first-order valence-electron chi connectivity index (χ1n) is 7.68. The van der Waals surface area contributed by atoms with Gasteiger partial charge < -0.3 is 15.2 Å². The summed E-state index contributed by atoms with van der Waals surface area (Å²) in [7, 11) is -2.85. The third-order valence-electron chi connectivity index (χ3n) is 4.29. The van der Waals surface area contributed by atoms with Gasteiger partial charge in [-0.3, -0.25) is 0 Å². The minimum absolute atomic E-state index is 0.00986. The van der Waals surface area contributed by atoms with Gasteiger partial charge in [0.05, 0.1) is 30.3 Å². The molecule has 1 heterocycles. The molecule has 1 aliphatic carbocycles. The predicted molar refractivity (Wildman–Crippen MR) is 78.4 cm³/mol. The highest BCUT2D eigenvalue weighted by Crippen LogP contribution is 2.25. The molecule has 0 spiro atoms. The van der Waals surface area contributed by atoms with Crippen molar-refractivity contribution in [3.8, 4) is 0 Å². The summed E-state index contributed by atoms with van der Waals surface area (Å²) in [5.41, 5.74) is 0. The van der Waals surface area contributed by atoms with Crippen LogP contribution in [0.15, 0.2) is 0 Å². The van der Waals surface area contributed by atoms with Crippen molar-refractivity contribution < 1.29 is 18.3 Å². The van der Waals surface area contributed by atoms with Crippen LogP contribution >= 0.6 is 0 Å². The van der Waals surface area contributed by atoms with Crippen LogP contribution in [-0.4, -0.2) is 56.4 Å². The molecule has 2 rings (SSSR count). The van der Waals surface area contributed by atoms with Gasteiger partial charge >= 0.3 is 0 Å². The van der Waals surface area contributed by atoms with E-state index in [1.54, 1.807) is 0 Å². The quantitative estimate of drug-likeness (QED) is 0.756. The zero-order valence-electron chi connectivity index (χ0n) is 12.3. The van der Waals surface area contributed by atoms with Crippen LogP contribution in [0.3, 0.4) is 0 Å². The molecular weight excluding hydrogens is 278 g/mol. The number of sulfone groups is 1. The summed E-state index contributed by atoms with van der Waals surface area (Å²) in [6.45, 7) is 2.99. The minimum atomic E-state index is -2.85. The molecular formula is C14H27NO4S. The van der Waals surface area contributed by atoms with Gasteiger partial charge in [-0.25, -0.2) is 8.42 Å². The van der Waals surface area contributed by atoms with Gasteiger partial charge in [0.1, 0.15) is 0 Å². The van der Waals surface area contributed by atoms with Gasteiger partial charge in [0.25, 0.3) is 0 Å². The van der Waals surface area contributed by atoms with E-state index in [9.17, 15) is 13.5 Å². The predicted octanol–water partition coefficient (Wildman–Crippen LogP) is 0.719. The van der Waals surface area contributed by atoms with Crippen LogP contribution in [0.5, 0.6) is 0 Å². The Morgan fingerprint density at radius 2 is 2.15 bits per heavy atom. The largest absolute Gasteiger partial charge is 0.389 e. The van der Waals surface area contributed by atoms with Crippen molar-refractivity contribution >= 4 is 9.84 Å². The lowest BCUT2D eigenvalue weighted by Gasteiger charge is -2.27. The van der Waals surface area contributed by atoms with Crippen molar-refractivity contribution in [3.05, 3.63) is 0 Å². The summed E-state index contributed by atoms with van der Waals surface area (Å²) in [5.74, 6) is 1.17. The number of hydrogen-bond donors (Lipinski definition) is 2.